The van der Waals surface area contributed by atoms with Gasteiger partial charge in [0.1, 0.15) is 50.2 Å². The number of alkyl halides is 2. The largest absolute Gasteiger partial charge is 0.396 e. The third-order valence-electron chi connectivity index (χ3n) is 14.3. The van der Waals surface area contributed by atoms with Crippen LogP contribution in [-0.4, -0.2) is 125 Å². The highest BCUT2D eigenvalue weighted by molar-refractivity contribution is 9.10. The van der Waals surface area contributed by atoms with Gasteiger partial charge in [0.25, 0.3) is 0 Å². The summed E-state index contributed by atoms with van der Waals surface area (Å²) in [5, 5.41) is 10.4. The minimum atomic E-state index is -1.27. The lowest BCUT2D eigenvalue weighted by molar-refractivity contribution is -0.138. The number of carbonyl (C=O) groups excluding carboxylic acids is 6. The third kappa shape index (κ3) is 16.7. The highest BCUT2D eigenvalue weighted by atomic mass is 79.9. The van der Waals surface area contributed by atoms with Crippen LogP contribution in [0.5, 0.6) is 0 Å². The van der Waals surface area contributed by atoms with Gasteiger partial charge in [-0.25, -0.2) is 28.7 Å². The molecule has 6 heterocycles. The Hall–Kier alpha value is -8.72. The number of unbranched alkanes of at least 4 members (excludes halogenated alkanes) is 2. The Morgan fingerprint density at radius 1 is 0.578 bits per heavy atom. The fraction of sp³-hybridized carbons (Fsp3) is 0.323. The molecule has 4 aromatic heterocycles. The molecule has 8 aromatic rings. The van der Waals surface area contributed by atoms with Gasteiger partial charge in [-0.3, -0.25) is 28.8 Å². The fourth-order valence-corrected chi connectivity index (χ4v) is 10.6. The maximum atomic E-state index is 14.5. The quantitative estimate of drug-likeness (QED) is 0.0413. The van der Waals surface area contributed by atoms with Crippen molar-refractivity contribution in [1.29, 1.82) is 0 Å². The van der Waals surface area contributed by atoms with Gasteiger partial charge in [0.2, 0.25) is 23.6 Å². The summed E-state index contributed by atoms with van der Waals surface area (Å²) in [6.45, 7) is 3.50. The summed E-state index contributed by atoms with van der Waals surface area (Å²) >= 11 is 3.42. The minimum absolute atomic E-state index is 0.000340. The summed E-state index contributed by atoms with van der Waals surface area (Å²) in [6.07, 6.45) is 15.3. The zero-order valence-electron chi connectivity index (χ0n) is 46.3. The number of benzene rings is 4. The molecule has 18 nitrogen and oxygen atoms in total. The van der Waals surface area contributed by atoms with Gasteiger partial charge < -0.3 is 40.6 Å². The van der Waals surface area contributed by atoms with Crippen molar-refractivity contribution in [3.05, 3.63) is 174 Å². The molecule has 2 aliphatic heterocycles. The Kier molecular flexibility index (Phi) is 21.3. The van der Waals surface area contributed by atoms with Crippen LogP contribution < -0.4 is 21.7 Å². The highest BCUT2D eigenvalue weighted by Crippen LogP contribution is 2.30. The average Bonchev–Trinajstić information content (AvgIpc) is 4.16. The van der Waals surface area contributed by atoms with Crippen molar-refractivity contribution < 1.29 is 37.5 Å². The number of aryl methyl sites for hydroxylation is 2. The molecule has 10 rings (SSSR count). The average molecular weight is 1190 g/mol. The van der Waals surface area contributed by atoms with E-state index in [-0.39, 0.29) is 74.2 Å². The van der Waals surface area contributed by atoms with E-state index in [0.29, 0.717) is 46.5 Å². The summed E-state index contributed by atoms with van der Waals surface area (Å²) in [6, 6.07) is 29.6. The van der Waals surface area contributed by atoms with Crippen molar-refractivity contribution in [2.24, 2.45) is 0 Å². The molecule has 5 N–H and O–H groups in total. The zero-order valence-corrected chi connectivity index (χ0v) is 47.9. The smallest absolute Gasteiger partial charge is 0.243 e. The van der Waals surface area contributed by atoms with Crippen LogP contribution in [0.15, 0.2) is 151 Å². The van der Waals surface area contributed by atoms with E-state index in [9.17, 15) is 37.5 Å². The molecule has 432 valence electrons. The normalized spacial score (nSPS) is 16.3. The molecule has 0 bridgehead atoms. The van der Waals surface area contributed by atoms with Gasteiger partial charge in [0.05, 0.1) is 49.3 Å². The molecular weight excluding hydrogens is 1130 g/mol. The van der Waals surface area contributed by atoms with Crippen LogP contribution in [0.1, 0.15) is 84.2 Å². The second-order valence-electron chi connectivity index (χ2n) is 20.5. The van der Waals surface area contributed by atoms with E-state index in [1.54, 1.807) is 46.3 Å². The number of rotatable bonds is 20. The number of aromatic nitrogens is 6. The summed E-state index contributed by atoms with van der Waals surface area (Å²) in [7, 11) is 0. The van der Waals surface area contributed by atoms with Gasteiger partial charge in [-0.1, -0.05) is 76.6 Å². The number of nitrogens with two attached hydrogens (primary N) is 1. The molecule has 83 heavy (non-hydrogen) atoms. The van der Waals surface area contributed by atoms with E-state index in [1.807, 2.05) is 72.8 Å². The van der Waals surface area contributed by atoms with Gasteiger partial charge in [0, 0.05) is 81.4 Å². The first-order chi connectivity index (χ1) is 40.1. The summed E-state index contributed by atoms with van der Waals surface area (Å²) in [5.41, 5.74) is 12.2. The maximum absolute atomic E-state index is 14.5. The van der Waals surface area contributed by atoms with Crippen LogP contribution in [0.4, 0.5) is 25.8 Å². The lowest BCUT2D eigenvalue weighted by atomic mass is 10.1. The molecule has 0 aliphatic carbocycles. The van der Waals surface area contributed by atoms with Crippen LogP contribution in [0.25, 0.3) is 21.8 Å². The zero-order chi connectivity index (χ0) is 58.8. The monoisotopic (exact) mass is 1190 g/mol. The molecule has 2 fully saturated rings. The number of amides is 4. The molecule has 4 atom stereocenters. The maximum Gasteiger partial charge on any atom is 0.243 e. The second-order valence-corrected chi connectivity index (χ2v) is 21.4. The van der Waals surface area contributed by atoms with Crippen LogP contribution in [0.3, 0.4) is 0 Å². The van der Waals surface area contributed by atoms with Gasteiger partial charge in [-0.2, -0.15) is 0 Å². The Balaban J connectivity index is 0.000000196. The van der Waals surface area contributed by atoms with Crippen molar-refractivity contribution >= 4 is 90.0 Å². The molecule has 0 saturated carbocycles. The second kappa shape index (κ2) is 29.3. The minimum Gasteiger partial charge on any atom is -0.396 e. The Morgan fingerprint density at radius 3 is 1.47 bits per heavy atom. The number of fused-ring (bicyclic) bond motifs is 2. The van der Waals surface area contributed by atoms with Crippen molar-refractivity contribution in [1.82, 2.24) is 49.5 Å². The van der Waals surface area contributed by atoms with Crippen LogP contribution in [-0.2, 0) is 45.1 Å². The number of nitrogen functional groups attached to an aromatic ring is 1. The number of halogens is 3. The number of anilines is 3. The topological polar surface area (TPSA) is 232 Å². The van der Waals surface area contributed by atoms with Gasteiger partial charge in [0.15, 0.2) is 11.6 Å². The van der Waals surface area contributed by atoms with Crippen molar-refractivity contribution in [3.8, 4) is 0 Å². The van der Waals surface area contributed by atoms with Crippen molar-refractivity contribution in [2.75, 3.05) is 37.2 Å². The molecule has 0 radical (unpaired) electrons. The Bertz CT molecular complexity index is 3500. The molecule has 0 unspecified atom stereocenters. The Morgan fingerprint density at radius 2 is 1.02 bits per heavy atom. The van der Waals surface area contributed by atoms with E-state index in [0.717, 1.165) is 59.6 Å². The number of carbonyl (C=O) groups is 6. The summed E-state index contributed by atoms with van der Waals surface area (Å²) in [5.74, 6) is -1.61. The number of Topliss-reactive ketones (excluding diaryl/α,β-unsaturated/α-hetero) is 2. The van der Waals surface area contributed by atoms with Crippen molar-refractivity contribution in [2.45, 2.75) is 103 Å². The number of ketones is 2. The van der Waals surface area contributed by atoms with Gasteiger partial charge in [-0.15, -0.1) is 0 Å². The summed E-state index contributed by atoms with van der Waals surface area (Å²) < 4.78 is 33.0. The predicted molar refractivity (Wildman–Crippen MR) is 318 cm³/mol. The number of hydrogen-bond donors (Lipinski definition) is 4. The molecular formula is C62H67BrF2N12O6. The lowest BCUT2D eigenvalue weighted by Crippen LogP contribution is -2.47. The highest BCUT2D eigenvalue weighted by Gasteiger charge is 2.41. The lowest BCUT2D eigenvalue weighted by Gasteiger charge is -2.24. The molecule has 4 aromatic carbocycles. The molecule has 2 aliphatic rings. The number of nitrogens with one attached hydrogen (secondary N) is 3. The number of likely N-dealkylation sites (tertiary alicyclic amines) is 2. The van der Waals surface area contributed by atoms with E-state index in [4.69, 9.17) is 5.73 Å². The predicted octanol–water partition coefficient (Wildman–Crippen LogP) is 9.20. The van der Waals surface area contributed by atoms with E-state index in [2.05, 4.69) is 76.1 Å². The fourth-order valence-electron chi connectivity index (χ4n) is 10.3. The standard InChI is InChI=1S/C31H33FN6O3.C27H29BrFN3O3.C4H5N3/c1-21(39)27-18-37(28-11-10-24(14-26(27)28)36-25-15-33-20-34-16-25)19-30(40)38-17-23(32)13-29(38)31(41)35-12-6-5-9-22-7-3-2-4-8-22;1-18(33)23-16-31(24-11-10-20(28)13-22(23)24)17-26(34)32-15-21(29)14-25(32)27(35)30-12-6-5-9-19-7-3-2-4-8-19;5-4-1-6-3-7-2-4/h2-4,7-8,10-11,14-16,18,20,23,29,36H,5-6,9,12-13,17,19H2,1H3,(H,35,41);2-4,7-8,10-11,13,16,21,25H,5-6,9,12,14-15,17H2,1H3,(H,30,35);1-3H,5H2/t23-,29+;21-,25+;/m11./s1. The molecule has 4 amide bonds. The molecule has 0 spiro atoms. The van der Waals surface area contributed by atoms with Crippen LogP contribution in [0, 0.1) is 0 Å². The first-order valence-corrected chi connectivity index (χ1v) is 28.4. The third-order valence-corrected chi connectivity index (χ3v) is 14.8. The van der Waals surface area contributed by atoms with Gasteiger partial charge in [-0.05, 0) is 99.9 Å². The van der Waals surface area contributed by atoms with E-state index < -0.39 is 24.4 Å². The van der Waals surface area contributed by atoms with Crippen LogP contribution in [0.2, 0.25) is 0 Å². The summed E-state index contributed by atoms with van der Waals surface area (Å²) in [4.78, 5) is 94.8. The molecule has 2 saturated heterocycles. The Labute approximate surface area is 488 Å². The van der Waals surface area contributed by atoms with Crippen molar-refractivity contribution in [3.63, 3.8) is 0 Å². The van der Waals surface area contributed by atoms with Crippen LogP contribution >= 0.6 is 15.9 Å². The van der Waals surface area contributed by atoms with E-state index in [1.165, 1.54) is 47.4 Å². The van der Waals surface area contributed by atoms with Gasteiger partial charge >= 0.3 is 0 Å². The van der Waals surface area contributed by atoms with E-state index >= 15 is 0 Å². The number of nitrogens with zero attached hydrogens (tertiary/aromatic N) is 8. The molecule has 21 heteroatoms. The first-order valence-electron chi connectivity index (χ1n) is 27.6. The number of hydrogen-bond acceptors (Lipinski definition) is 12. The SMILES string of the molecule is CC(=O)c1cn(CC(=O)N2C[C@H](F)C[C@H]2C(=O)NCCCCc2ccccc2)c2ccc(Br)cc12.CC(=O)c1cn(CC(=O)N2C[C@H](F)C[C@H]2C(=O)NCCCCc2ccccc2)c2ccc(Nc3cncnc3)cc12.Nc1cncnc1. The first kappa shape index (κ1) is 60.4.